The first kappa shape index (κ1) is 12.9. The lowest BCUT2D eigenvalue weighted by Crippen LogP contribution is -2.26. The van der Waals surface area contributed by atoms with Crippen LogP contribution in [0.3, 0.4) is 0 Å². The third kappa shape index (κ3) is 3.72. The SMILES string of the molecule is COOC1=NCCN(Cc2cccc(N)c2)CC1. The maximum Gasteiger partial charge on any atom is 0.229 e. The summed E-state index contributed by atoms with van der Waals surface area (Å²) in [6, 6.07) is 7.99. The summed E-state index contributed by atoms with van der Waals surface area (Å²) in [5.74, 6) is 0.674. The van der Waals surface area contributed by atoms with E-state index in [1.54, 1.807) is 0 Å². The average Bonchev–Trinajstić information content (AvgIpc) is 2.56. The van der Waals surface area contributed by atoms with Gasteiger partial charge < -0.3 is 10.6 Å². The molecular weight excluding hydrogens is 230 g/mol. The van der Waals surface area contributed by atoms with Gasteiger partial charge in [0.2, 0.25) is 5.90 Å². The predicted octanol–water partition coefficient (Wildman–Crippen LogP) is 1.45. The van der Waals surface area contributed by atoms with Gasteiger partial charge in [-0.2, -0.15) is 4.89 Å². The number of nitrogens with two attached hydrogens (primary N) is 1. The second-order valence-electron chi connectivity index (χ2n) is 4.30. The number of anilines is 1. The van der Waals surface area contributed by atoms with Gasteiger partial charge in [0.25, 0.3) is 0 Å². The molecule has 0 radical (unpaired) electrons. The van der Waals surface area contributed by atoms with E-state index in [4.69, 9.17) is 10.6 Å². The van der Waals surface area contributed by atoms with Crippen molar-refractivity contribution >= 4 is 11.6 Å². The van der Waals surface area contributed by atoms with Crippen LogP contribution in [-0.4, -0.2) is 37.5 Å². The van der Waals surface area contributed by atoms with Crippen LogP contribution in [0.2, 0.25) is 0 Å². The van der Waals surface area contributed by atoms with Gasteiger partial charge in [0.1, 0.15) is 0 Å². The molecule has 1 heterocycles. The van der Waals surface area contributed by atoms with E-state index in [1.165, 1.54) is 12.7 Å². The fourth-order valence-corrected chi connectivity index (χ4v) is 2.03. The zero-order valence-corrected chi connectivity index (χ0v) is 10.6. The zero-order valence-electron chi connectivity index (χ0n) is 10.6. The van der Waals surface area contributed by atoms with Crippen molar-refractivity contribution in [1.82, 2.24) is 4.90 Å². The molecule has 1 aromatic carbocycles. The van der Waals surface area contributed by atoms with Gasteiger partial charge in [0, 0.05) is 31.7 Å². The van der Waals surface area contributed by atoms with Crippen LogP contribution in [0.25, 0.3) is 0 Å². The summed E-state index contributed by atoms with van der Waals surface area (Å²) in [6.45, 7) is 3.46. The van der Waals surface area contributed by atoms with E-state index in [2.05, 4.69) is 20.8 Å². The molecule has 0 unspecified atom stereocenters. The number of benzene rings is 1. The van der Waals surface area contributed by atoms with Crippen molar-refractivity contribution in [2.75, 3.05) is 32.5 Å². The number of hydrogen-bond donors (Lipinski definition) is 1. The van der Waals surface area contributed by atoms with Crippen molar-refractivity contribution in [3.05, 3.63) is 29.8 Å². The van der Waals surface area contributed by atoms with E-state index in [0.717, 1.165) is 38.3 Å². The van der Waals surface area contributed by atoms with E-state index >= 15 is 0 Å². The topological polar surface area (TPSA) is 60.1 Å². The third-order valence-corrected chi connectivity index (χ3v) is 2.88. The molecule has 2 rings (SSSR count). The summed E-state index contributed by atoms with van der Waals surface area (Å²) in [6.07, 6.45) is 0.774. The third-order valence-electron chi connectivity index (χ3n) is 2.88. The largest absolute Gasteiger partial charge is 0.399 e. The summed E-state index contributed by atoms with van der Waals surface area (Å²) in [4.78, 5) is 16.3. The second-order valence-corrected chi connectivity index (χ2v) is 4.30. The number of rotatable bonds is 3. The highest BCUT2D eigenvalue weighted by Gasteiger charge is 2.13. The normalized spacial score (nSPS) is 17.1. The molecule has 1 aromatic rings. The van der Waals surface area contributed by atoms with Crippen LogP contribution in [0.15, 0.2) is 29.3 Å². The van der Waals surface area contributed by atoms with Crippen LogP contribution in [0.1, 0.15) is 12.0 Å². The number of nitrogen functional groups attached to an aromatic ring is 1. The monoisotopic (exact) mass is 249 g/mol. The van der Waals surface area contributed by atoms with Crippen molar-refractivity contribution in [1.29, 1.82) is 0 Å². The first-order valence-corrected chi connectivity index (χ1v) is 6.08. The van der Waals surface area contributed by atoms with Crippen molar-refractivity contribution in [2.45, 2.75) is 13.0 Å². The summed E-state index contributed by atoms with van der Waals surface area (Å²) in [7, 11) is 1.50. The Morgan fingerprint density at radius 2 is 2.28 bits per heavy atom. The Morgan fingerprint density at radius 1 is 1.39 bits per heavy atom. The molecule has 5 heteroatoms. The van der Waals surface area contributed by atoms with Gasteiger partial charge in [-0.05, 0) is 17.7 Å². The molecule has 0 spiro atoms. The fourth-order valence-electron chi connectivity index (χ4n) is 2.03. The van der Waals surface area contributed by atoms with Crippen LogP contribution in [0, 0.1) is 0 Å². The van der Waals surface area contributed by atoms with Gasteiger partial charge in [0.15, 0.2) is 0 Å². The first-order chi connectivity index (χ1) is 8.78. The van der Waals surface area contributed by atoms with Crippen molar-refractivity contribution < 1.29 is 9.78 Å². The molecule has 0 aliphatic carbocycles. The van der Waals surface area contributed by atoms with Crippen LogP contribution < -0.4 is 5.73 Å². The maximum atomic E-state index is 5.78. The molecular formula is C13H19N3O2. The van der Waals surface area contributed by atoms with E-state index in [9.17, 15) is 0 Å². The predicted molar refractivity (Wildman–Crippen MR) is 71.1 cm³/mol. The van der Waals surface area contributed by atoms with E-state index in [0.29, 0.717) is 5.90 Å². The Kier molecular flexibility index (Phi) is 4.55. The molecule has 2 N–H and O–H groups in total. The van der Waals surface area contributed by atoms with Crippen LogP contribution >= 0.6 is 0 Å². The standard InChI is InChI=1S/C13H19N3O2/c1-17-18-13-5-7-16(8-6-15-13)10-11-3-2-4-12(14)9-11/h2-4,9H,5-8,10,14H2,1H3. The summed E-state index contributed by atoms with van der Waals surface area (Å²) >= 11 is 0. The smallest absolute Gasteiger partial charge is 0.229 e. The van der Waals surface area contributed by atoms with E-state index < -0.39 is 0 Å². The lowest BCUT2D eigenvalue weighted by atomic mass is 10.2. The molecule has 1 aliphatic rings. The molecule has 98 valence electrons. The van der Waals surface area contributed by atoms with Gasteiger partial charge in [-0.1, -0.05) is 12.1 Å². The van der Waals surface area contributed by atoms with Crippen LogP contribution in [-0.2, 0) is 16.3 Å². The highest BCUT2D eigenvalue weighted by atomic mass is 17.2. The van der Waals surface area contributed by atoms with Gasteiger partial charge in [-0.3, -0.25) is 9.89 Å². The van der Waals surface area contributed by atoms with Gasteiger partial charge in [-0.25, -0.2) is 0 Å². The summed E-state index contributed by atoms with van der Waals surface area (Å²) in [5, 5.41) is 0. The van der Waals surface area contributed by atoms with Gasteiger partial charge >= 0.3 is 0 Å². The molecule has 0 saturated carbocycles. The summed E-state index contributed by atoms with van der Waals surface area (Å²) in [5.41, 5.74) is 7.81. The minimum Gasteiger partial charge on any atom is -0.399 e. The number of nitrogens with zero attached hydrogens (tertiary/aromatic N) is 2. The highest BCUT2D eigenvalue weighted by molar-refractivity contribution is 5.75. The Labute approximate surface area is 107 Å². The molecule has 0 bridgehead atoms. The van der Waals surface area contributed by atoms with E-state index in [-0.39, 0.29) is 0 Å². The molecule has 5 nitrogen and oxygen atoms in total. The Bertz CT molecular complexity index is 420. The van der Waals surface area contributed by atoms with Crippen molar-refractivity contribution in [2.24, 2.45) is 4.99 Å². The van der Waals surface area contributed by atoms with Crippen molar-refractivity contribution in [3.8, 4) is 0 Å². The summed E-state index contributed by atoms with van der Waals surface area (Å²) < 4.78 is 0. The van der Waals surface area contributed by atoms with Crippen LogP contribution in [0.5, 0.6) is 0 Å². The Hall–Kier alpha value is -1.59. The molecule has 0 amide bonds. The quantitative estimate of drug-likeness (QED) is 0.500. The maximum absolute atomic E-state index is 5.78. The molecule has 18 heavy (non-hydrogen) atoms. The highest BCUT2D eigenvalue weighted by Crippen LogP contribution is 2.11. The first-order valence-electron chi connectivity index (χ1n) is 6.08. The second kappa shape index (κ2) is 6.37. The number of aliphatic imine (C=N–C) groups is 1. The minimum atomic E-state index is 0.674. The molecule has 0 aromatic heterocycles. The van der Waals surface area contributed by atoms with Gasteiger partial charge in [-0.15, -0.1) is 0 Å². The molecule has 1 aliphatic heterocycles. The Balaban J connectivity index is 1.89. The number of hydrogen-bond acceptors (Lipinski definition) is 5. The van der Waals surface area contributed by atoms with Crippen LogP contribution in [0.4, 0.5) is 5.69 Å². The van der Waals surface area contributed by atoms with E-state index in [1.807, 2.05) is 18.2 Å². The molecule has 0 saturated heterocycles. The Morgan fingerprint density at radius 3 is 3.06 bits per heavy atom. The van der Waals surface area contributed by atoms with Gasteiger partial charge in [0.05, 0.1) is 13.7 Å². The molecule has 0 atom stereocenters. The van der Waals surface area contributed by atoms with Crippen molar-refractivity contribution in [3.63, 3.8) is 0 Å². The fraction of sp³-hybridized carbons (Fsp3) is 0.462. The average molecular weight is 249 g/mol. The lowest BCUT2D eigenvalue weighted by molar-refractivity contribution is -0.196. The molecule has 0 fully saturated rings. The lowest BCUT2D eigenvalue weighted by Gasteiger charge is -2.19. The minimum absolute atomic E-state index is 0.674. The zero-order chi connectivity index (χ0) is 12.8.